The van der Waals surface area contributed by atoms with Gasteiger partial charge in [-0.25, -0.2) is 0 Å². The molecule has 1 rings (SSSR count). The van der Waals surface area contributed by atoms with Crippen LogP contribution in [0.5, 0.6) is 5.75 Å². The van der Waals surface area contributed by atoms with Crippen molar-refractivity contribution in [2.24, 2.45) is 5.73 Å². The molecule has 5 heteroatoms. The Morgan fingerprint density at radius 3 is 2.50 bits per heavy atom. The second kappa shape index (κ2) is 7.14. The molecule has 0 bridgehead atoms. The smallest absolute Gasteiger partial charge is 0.387 e. The third-order valence-electron chi connectivity index (χ3n) is 2.04. The van der Waals surface area contributed by atoms with Crippen molar-refractivity contribution >= 4 is 0 Å². The van der Waals surface area contributed by atoms with Crippen LogP contribution in [0.2, 0.25) is 0 Å². The maximum atomic E-state index is 11.9. The lowest BCUT2D eigenvalue weighted by molar-refractivity contribution is -0.0498. The molecule has 0 aliphatic rings. The van der Waals surface area contributed by atoms with E-state index in [2.05, 4.69) is 10.1 Å². The van der Waals surface area contributed by atoms with Gasteiger partial charge in [0.05, 0.1) is 0 Å². The molecule has 0 aliphatic heterocycles. The lowest BCUT2D eigenvalue weighted by atomic mass is 10.2. The molecule has 1 aromatic carbocycles. The van der Waals surface area contributed by atoms with Crippen LogP contribution in [0.4, 0.5) is 8.78 Å². The molecule has 0 saturated carbocycles. The summed E-state index contributed by atoms with van der Waals surface area (Å²) >= 11 is 0. The van der Waals surface area contributed by atoms with Crippen LogP contribution in [0.1, 0.15) is 12.0 Å². The second-order valence-corrected chi connectivity index (χ2v) is 3.34. The van der Waals surface area contributed by atoms with Gasteiger partial charge >= 0.3 is 6.61 Å². The minimum Gasteiger partial charge on any atom is -0.435 e. The summed E-state index contributed by atoms with van der Waals surface area (Å²) in [4.78, 5) is 0. The van der Waals surface area contributed by atoms with E-state index in [1.165, 1.54) is 12.1 Å². The fraction of sp³-hybridized carbons (Fsp3) is 0.455. The van der Waals surface area contributed by atoms with Gasteiger partial charge in [0.1, 0.15) is 5.75 Å². The third-order valence-corrected chi connectivity index (χ3v) is 2.04. The zero-order valence-corrected chi connectivity index (χ0v) is 8.96. The van der Waals surface area contributed by atoms with E-state index < -0.39 is 6.61 Å². The monoisotopic (exact) mass is 230 g/mol. The number of hydrogen-bond donors (Lipinski definition) is 2. The van der Waals surface area contributed by atoms with Crippen molar-refractivity contribution < 1.29 is 13.5 Å². The third kappa shape index (κ3) is 5.04. The van der Waals surface area contributed by atoms with E-state index in [1.807, 2.05) is 0 Å². The topological polar surface area (TPSA) is 47.3 Å². The fourth-order valence-corrected chi connectivity index (χ4v) is 1.25. The van der Waals surface area contributed by atoms with Crippen molar-refractivity contribution in [3.05, 3.63) is 29.8 Å². The molecule has 0 atom stereocenters. The van der Waals surface area contributed by atoms with Gasteiger partial charge in [0.2, 0.25) is 0 Å². The standard InChI is InChI=1S/C11H16F2N2O/c12-11(13)16-10-4-2-9(3-5-10)8-15-7-1-6-14/h2-5,11,15H,1,6-8,14H2. The minimum atomic E-state index is -2.77. The van der Waals surface area contributed by atoms with E-state index in [4.69, 9.17) is 5.73 Å². The number of rotatable bonds is 7. The molecule has 3 nitrogen and oxygen atoms in total. The molecule has 0 saturated heterocycles. The molecular weight excluding hydrogens is 214 g/mol. The highest BCUT2D eigenvalue weighted by atomic mass is 19.3. The van der Waals surface area contributed by atoms with Crippen LogP contribution in [0.3, 0.4) is 0 Å². The van der Waals surface area contributed by atoms with Crippen molar-refractivity contribution in [3.8, 4) is 5.75 Å². The molecule has 3 N–H and O–H groups in total. The minimum absolute atomic E-state index is 0.181. The number of nitrogens with two attached hydrogens (primary N) is 1. The Kier molecular flexibility index (Phi) is 5.74. The summed E-state index contributed by atoms with van der Waals surface area (Å²) in [5, 5.41) is 3.19. The molecule has 0 spiro atoms. The van der Waals surface area contributed by atoms with Crippen molar-refractivity contribution in [3.63, 3.8) is 0 Å². The zero-order valence-electron chi connectivity index (χ0n) is 8.96. The predicted molar refractivity (Wildman–Crippen MR) is 58.5 cm³/mol. The van der Waals surface area contributed by atoms with Crippen molar-refractivity contribution in [1.29, 1.82) is 0 Å². The SMILES string of the molecule is NCCCNCc1ccc(OC(F)F)cc1. The average Bonchev–Trinajstić information content (AvgIpc) is 2.26. The molecule has 0 heterocycles. The molecule has 1 aromatic rings. The number of nitrogens with one attached hydrogen (secondary N) is 1. The van der Waals surface area contributed by atoms with Crippen molar-refractivity contribution in [2.45, 2.75) is 19.6 Å². The second-order valence-electron chi connectivity index (χ2n) is 3.34. The molecule has 0 unspecified atom stereocenters. The van der Waals surface area contributed by atoms with Gasteiger partial charge in [0.15, 0.2) is 0 Å². The Bertz CT molecular complexity index is 291. The molecule has 0 amide bonds. The largest absolute Gasteiger partial charge is 0.435 e. The first-order chi connectivity index (χ1) is 7.72. The highest BCUT2D eigenvalue weighted by Crippen LogP contribution is 2.14. The van der Waals surface area contributed by atoms with Crippen LogP contribution in [-0.4, -0.2) is 19.7 Å². The fourth-order valence-electron chi connectivity index (χ4n) is 1.25. The summed E-state index contributed by atoms with van der Waals surface area (Å²) in [5.41, 5.74) is 6.37. The summed E-state index contributed by atoms with van der Waals surface area (Å²) in [6.07, 6.45) is 0.923. The Labute approximate surface area is 93.6 Å². The Hall–Kier alpha value is -1.20. The summed E-state index contributed by atoms with van der Waals surface area (Å²) in [6.45, 7) is -0.553. The van der Waals surface area contributed by atoms with E-state index in [-0.39, 0.29) is 5.75 Å². The van der Waals surface area contributed by atoms with Gasteiger partial charge in [0, 0.05) is 6.54 Å². The van der Waals surface area contributed by atoms with Gasteiger partial charge in [0.25, 0.3) is 0 Å². The zero-order chi connectivity index (χ0) is 11.8. The summed E-state index contributed by atoms with van der Waals surface area (Å²) in [5.74, 6) is 0.181. The summed E-state index contributed by atoms with van der Waals surface area (Å²) < 4.78 is 28.0. The predicted octanol–water partition coefficient (Wildman–Crippen LogP) is 1.73. The first-order valence-electron chi connectivity index (χ1n) is 5.17. The van der Waals surface area contributed by atoms with Gasteiger partial charge in [-0.05, 0) is 37.2 Å². The van der Waals surface area contributed by atoms with Crippen molar-refractivity contribution in [1.82, 2.24) is 5.32 Å². The maximum Gasteiger partial charge on any atom is 0.387 e. The normalized spacial score (nSPS) is 10.8. The first kappa shape index (κ1) is 12.9. The number of alkyl halides is 2. The lowest BCUT2D eigenvalue weighted by Gasteiger charge is -2.06. The number of ether oxygens (including phenoxy) is 1. The maximum absolute atomic E-state index is 11.9. The molecule has 90 valence electrons. The van der Waals surface area contributed by atoms with Crippen LogP contribution >= 0.6 is 0 Å². The van der Waals surface area contributed by atoms with Crippen LogP contribution < -0.4 is 15.8 Å². The van der Waals surface area contributed by atoms with Crippen LogP contribution in [0.15, 0.2) is 24.3 Å². The number of halogens is 2. The van der Waals surface area contributed by atoms with Crippen LogP contribution in [0, 0.1) is 0 Å². The quantitative estimate of drug-likeness (QED) is 0.701. The molecule has 0 aliphatic carbocycles. The van der Waals surface area contributed by atoms with E-state index >= 15 is 0 Å². The van der Waals surface area contributed by atoms with Crippen LogP contribution in [0.25, 0.3) is 0 Å². The molecule has 16 heavy (non-hydrogen) atoms. The van der Waals surface area contributed by atoms with Gasteiger partial charge in [-0.1, -0.05) is 12.1 Å². The van der Waals surface area contributed by atoms with Gasteiger partial charge in [-0.3, -0.25) is 0 Å². The van der Waals surface area contributed by atoms with E-state index in [1.54, 1.807) is 12.1 Å². The summed E-state index contributed by atoms with van der Waals surface area (Å²) in [6, 6.07) is 6.58. The Morgan fingerprint density at radius 2 is 1.94 bits per heavy atom. The van der Waals surface area contributed by atoms with E-state index in [0.717, 1.165) is 18.5 Å². The van der Waals surface area contributed by atoms with E-state index in [9.17, 15) is 8.78 Å². The van der Waals surface area contributed by atoms with Gasteiger partial charge in [-0.15, -0.1) is 0 Å². The average molecular weight is 230 g/mol. The molecular formula is C11H16F2N2O. The van der Waals surface area contributed by atoms with Crippen LogP contribution in [-0.2, 0) is 6.54 Å². The highest BCUT2D eigenvalue weighted by molar-refractivity contribution is 5.27. The molecule has 0 aromatic heterocycles. The van der Waals surface area contributed by atoms with E-state index in [0.29, 0.717) is 13.1 Å². The Morgan fingerprint density at radius 1 is 1.25 bits per heavy atom. The van der Waals surface area contributed by atoms with Gasteiger partial charge in [-0.2, -0.15) is 8.78 Å². The summed E-state index contributed by atoms with van der Waals surface area (Å²) in [7, 11) is 0. The Balaban J connectivity index is 2.33. The van der Waals surface area contributed by atoms with Gasteiger partial charge < -0.3 is 15.8 Å². The highest BCUT2D eigenvalue weighted by Gasteiger charge is 2.03. The number of benzene rings is 1. The molecule has 0 radical (unpaired) electrons. The number of hydrogen-bond acceptors (Lipinski definition) is 3. The van der Waals surface area contributed by atoms with Crippen molar-refractivity contribution in [2.75, 3.05) is 13.1 Å². The first-order valence-corrected chi connectivity index (χ1v) is 5.17. The molecule has 0 fully saturated rings. The lowest BCUT2D eigenvalue weighted by Crippen LogP contribution is -2.17.